The maximum Gasteiger partial charge on any atom is 0.227 e. The van der Waals surface area contributed by atoms with Gasteiger partial charge in [0.2, 0.25) is 5.91 Å². The number of amides is 1. The minimum Gasteiger partial charge on any atom is -0.489 e. The van der Waals surface area contributed by atoms with E-state index in [1.54, 1.807) is 0 Å². The molecule has 1 saturated heterocycles. The van der Waals surface area contributed by atoms with Crippen molar-refractivity contribution in [3.63, 3.8) is 0 Å². The van der Waals surface area contributed by atoms with E-state index >= 15 is 0 Å². The Morgan fingerprint density at radius 2 is 2.07 bits per heavy atom. The van der Waals surface area contributed by atoms with E-state index in [9.17, 15) is 4.79 Å². The standard InChI is InChI=1S/C21H25ClN2O2.ClH/c1-23-18-8-5-11-24(14-18)21(25)13-16-6-4-9-19(12-16)26-15-17-7-2-3-10-20(17)22;/h2-4,6-7,9-10,12,18,23H,5,8,11,13-15H2,1H3;1H. The fourth-order valence-corrected chi connectivity index (χ4v) is 3.44. The smallest absolute Gasteiger partial charge is 0.227 e. The van der Waals surface area contributed by atoms with Crippen molar-refractivity contribution in [2.75, 3.05) is 20.1 Å². The summed E-state index contributed by atoms with van der Waals surface area (Å²) in [4.78, 5) is 14.6. The molecule has 0 aromatic heterocycles. The van der Waals surface area contributed by atoms with Gasteiger partial charge in [-0.1, -0.05) is 41.9 Å². The molecule has 4 nitrogen and oxygen atoms in total. The van der Waals surface area contributed by atoms with Gasteiger partial charge in [0.1, 0.15) is 12.4 Å². The first-order valence-corrected chi connectivity index (χ1v) is 9.43. The van der Waals surface area contributed by atoms with Gasteiger partial charge in [0.05, 0.1) is 6.42 Å². The summed E-state index contributed by atoms with van der Waals surface area (Å²) in [5.41, 5.74) is 1.92. The Labute approximate surface area is 172 Å². The summed E-state index contributed by atoms with van der Waals surface area (Å²) in [5, 5.41) is 3.97. The second-order valence-electron chi connectivity index (χ2n) is 6.67. The summed E-state index contributed by atoms with van der Waals surface area (Å²) in [6.45, 7) is 2.05. The van der Waals surface area contributed by atoms with Crippen LogP contribution in [0.2, 0.25) is 5.02 Å². The molecule has 0 aliphatic carbocycles. The van der Waals surface area contributed by atoms with E-state index < -0.39 is 0 Å². The minimum atomic E-state index is 0. The SMILES string of the molecule is CNC1CCCN(C(=O)Cc2cccc(OCc3ccccc3Cl)c2)C1.Cl. The maximum atomic E-state index is 12.6. The van der Waals surface area contributed by atoms with Crippen LogP contribution in [0, 0.1) is 0 Å². The number of carbonyl (C=O) groups is 1. The molecule has 27 heavy (non-hydrogen) atoms. The third-order valence-electron chi connectivity index (χ3n) is 4.79. The van der Waals surface area contributed by atoms with Gasteiger partial charge in [0.25, 0.3) is 0 Å². The van der Waals surface area contributed by atoms with Gasteiger partial charge >= 0.3 is 0 Å². The van der Waals surface area contributed by atoms with Crippen LogP contribution in [-0.2, 0) is 17.8 Å². The fourth-order valence-electron chi connectivity index (χ4n) is 3.25. The molecule has 3 rings (SSSR count). The number of ether oxygens (including phenoxy) is 1. The number of halogens is 2. The number of benzene rings is 2. The molecule has 1 fully saturated rings. The van der Waals surface area contributed by atoms with Crippen molar-refractivity contribution in [2.24, 2.45) is 0 Å². The Bertz CT molecular complexity index is 754. The van der Waals surface area contributed by atoms with E-state index in [1.165, 1.54) is 0 Å². The van der Waals surface area contributed by atoms with Crippen molar-refractivity contribution in [1.29, 1.82) is 0 Å². The van der Waals surface area contributed by atoms with Gasteiger partial charge in [-0.3, -0.25) is 4.79 Å². The van der Waals surface area contributed by atoms with Crippen LogP contribution >= 0.6 is 24.0 Å². The molecule has 0 spiro atoms. The topological polar surface area (TPSA) is 41.6 Å². The van der Waals surface area contributed by atoms with Gasteiger partial charge in [-0.2, -0.15) is 0 Å². The molecule has 1 atom stereocenters. The summed E-state index contributed by atoms with van der Waals surface area (Å²) >= 11 is 6.17. The second kappa shape index (κ2) is 10.5. The van der Waals surface area contributed by atoms with Crippen molar-refractivity contribution < 1.29 is 9.53 Å². The summed E-state index contributed by atoms with van der Waals surface area (Å²) < 4.78 is 5.86. The highest BCUT2D eigenvalue weighted by Gasteiger charge is 2.22. The van der Waals surface area contributed by atoms with E-state index in [2.05, 4.69) is 5.32 Å². The number of nitrogens with zero attached hydrogens (tertiary/aromatic N) is 1. The van der Waals surface area contributed by atoms with E-state index in [0.29, 0.717) is 24.1 Å². The van der Waals surface area contributed by atoms with Crippen LogP contribution in [0.1, 0.15) is 24.0 Å². The molecule has 0 radical (unpaired) electrons. The van der Waals surface area contributed by atoms with Crippen LogP contribution in [0.4, 0.5) is 0 Å². The monoisotopic (exact) mass is 408 g/mol. The van der Waals surface area contributed by atoms with Crippen LogP contribution < -0.4 is 10.1 Å². The highest BCUT2D eigenvalue weighted by molar-refractivity contribution is 6.31. The highest BCUT2D eigenvalue weighted by atomic mass is 35.5. The Balaban J connectivity index is 0.00000261. The van der Waals surface area contributed by atoms with Crippen LogP contribution in [0.15, 0.2) is 48.5 Å². The number of piperidine rings is 1. The van der Waals surface area contributed by atoms with Gasteiger partial charge in [-0.25, -0.2) is 0 Å². The average Bonchev–Trinajstić information content (AvgIpc) is 2.67. The van der Waals surface area contributed by atoms with Crippen LogP contribution in [0.5, 0.6) is 5.75 Å². The van der Waals surface area contributed by atoms with Gasteiger partial charge in [0.15, 0.2) is 0 Å². The average molecular weight is 409 g/mol. The van der Waals surface area contributed by atoms with Crippen LogP contribution in [-0.4, -0.2) is 37.0 Å². The molecule has 146 valence electrons. The molecular formula is C21H26Cl2N2O2. The zero-order valence-electron chi connectivity index (χ0n) is 15.5. The van der Waals surface area contributed by atoms with Gasteiger partial charge in [-0.05, 0) is 43.7 Å². The number of hydrogen-bond acceptors (Lipinski definition) is 3. The molecule has 1 aliphatic rings. The summed E-state index contributed by atoms with van der Waals surface area (Å²) in [6, 6.07) is 15.8. The molecule has 0 bridgehead atoms. The first-order chi connectivity index (χ1) is 12.7. The zero-order chi connectivity index (χ0) is 18.4. The lowest BCUT2D eigenvalue weighted by atomic mass is 10.0. The quantitative estimate of drug-likeness (QED) is 0.782. The number of carbonyl (C=O) groups excluding carboxylic acids is 1. The van der Waals surface area contributed by atoms with Gasteiger partial charge in [0, 0.05) is 29.7 Å². The second-order valence-corrected chi connectivity index (χ2v) is 7.08. The molecule has 2 aromatic rings. The fraction of sp³-hybridized carbons (Fsp3) is 0.381. The first kappa shape index (κ1) is 21.5. The number of rotatable bonds is 6. The Morgan fingerprint density at radius 1 is 1.26 bits per heavy atom. The predicted molar refractivity (Wildman–Crippen MR) is 112 cm³/mol. The molecule has 0 saturated carbocycles. The Morgan fingerprint density at radius 3 is 2.85 bits per heavy atom. The number of nitrogens with one attached hydrogen (secondary N) is 1. The normalized spacial score (nSPS) is 16.5. The lowest BCUT2D eigenvalue weighted by Crippen LogP contribution is -2.47. The largest absolute Gasteiger partial charge is 0.489 e. The molecule has 1 amide bonds. The molecule has 1 heterocycles. The molecule has 2 aromatic carbocycles. The minimum absolute atomic E-state index is 0. The van der Waals surface area contributed by atoms with E-state index in [4.69, 9.17) is 16.3 Å². The van der Waals surface area contributed by atoms with Crippen LogP contribution in [0.25, 0.3) is 0 Å². The van der Waals surface area contributed by atoms with E-state index in [-0.39, 0.29) is 18.3 Å². The molecule has 1 N–H and O–H groups in total. The van der Waals surface area contributed by atoms with E-state index in [0.717, 1.165) is 42.8 Å². The Hall–Kier alpha value is -1.75. The maximum absolute atomic E-state index is 12.6. The lowest BCUT2D eigenvalue weighted by Gasteiger charge is -2.32. The molecule has 1 unspecified atom stereocenters. The summed E-state index contributed by atoms with van der Waals surface area (Å²) in [7, 11) is 1.96. The van der Waals surface area contributed by atoms with Crippen molar-refractivity contribution in [2.45, 2.75) is 31.9 Å². The van der Waals surface area contributed by atoms with E-state index in [1.807, 2.05) is 60.5 Å². The Kier molecular flexibility index (Phi) is 8.42. The third-order valence-corrected chi connectivity index (χ3v) is 5.16. The molecule has 6 heteroatoms. The van der Waals surface area contributed by atoms with Crippen molar-refractivity contribution in [3.8, 4) is 5.75 Å². The number of likely N-dealkylation sites (tertiary alicyclic amines) is 1. The zero-order valence-corrected chi connectivity index (χ0v) is 17.1. The number of likely N-dealkylation sites (N-methyl/N-ethyl adjacent to an activating group) is 1. The molecular weight excluding hydrogens is 383 g/mol. The van der Waals surface area contributed by atoms with Crippen molar-refractivity contribution in [1.82, 2.24) is 10.2 Å². The first-order valence-electron chi connectivity index (χ1n) is 9.06. The van der Waals surface area contributed by atoms with Crippen LogP contribution in [0.3, 0.4) is 0 Å². The van der Waals surface area contributed by atoms with Gasteiger partial charge in [-0.15, -0.1) is 12.4 Å². The summed E-state index contributed by atoms with van der Waals surface area (Å²) in [5.74, 6) is 0.926. The molecule has 1 aliphatic heterocycles. The highest BCUT2D eigenvalue weighted by Crippen LogP contribution is 2.20. The van der Waals surface area contributed by atoms with Crippen molar-refractivity contribution >= 4 is 29.9 Å². The number of hydrogen-bond donors (Lipinski definition) is 1. The lowest BCUT2D eigenvalue weighted by molar-refractivity contribution is -0.131. The van der Waals surface area contributed by atoms with Crippen molar-refractivity contribution in [3.05, 3.63) is 64.7 Å². The predicted octanol–water partition coefficient (Wildman–Crippen LogP) is 4.09. The van der Waals surface area contributed by atoms with Gasteiger partial charge < -0.3 is 15.0 Å². The summed E-state index contributed by atoms with van der Waals surface area (Å²) in [6.07, 6.45) is 2.59. The third kappa shape index (κ3) is 6.13.